The van der Waals surface area contributed by atoms with Crippen LogP contribution in [0.4, 0.5) is 0 Å². The molecule has 8 heteroatoms. The molecule has 0 saturated heterocycles. The second-order valence-electron chi connectivity index (χ2n) is 6.88. The third-order valence-corrected chi connectivity index (χ3v) is 5.88. The Morgan fingerprint density at radius 2 is 2.25 bits per heavy atom. The molecular formula is C20H22N4O3S. The van der Waals surface area contributed by atoms with Gasteiger partial charge in [-0.15, -0.1) is 11.3 Å². The first-order valence-corrected chi connectivity index (χ1v) is 10.2. The molecule has 1 aliphatic carbocycles. The first-order valence-electron chi connectivity index (χ1n) is 9.31. The molecule has 4 rings (SSSR count). The van der Waals surface area contributed by atoms with Crippen molar-refractivity contribution in [2.45, 2.75) is 31.9 Å². The van der Waals surface area contributed by atoms with Gasteiger partial charge in [-0.25, -0.2) is 4.79 Å². The van der Waals surface area contributed by atoms with E-state index in [0.29, 0.717) is 18.7 Å². The first kappa shape index (κ1) is 18.8. The Morgan fingerprint density at radius 1 is 1.36 bits per heavy atom. The van der Waals surface area contributed by atoms with Crippen molar-refractivity contribution < 1.29 is 15.0 Å². The van der Waals surface area contributed by atoms with E-state index in [-0.39, 0.29) is 12.2 Å². The average Bonchev–Trinajstić information content (AvgIpc) is 3.32. The van der Waals surface area contributed by atoms with Gasteiger partial charge in [-0.05, 0) is 42.3 Å². The highest BCUT2D eigenvalue weighted by atomic mass is 32.1. The number of hydrogen-bond donors (Lipinski definition) is 3. The zero-order valence-corrected chi connectivity index (χ0v) is 16.2. The predicted octanol–water partition coefficient (Wildman–Crippen LogP) is 2.00. The van der Waals surface area contributed by atoms with Crippen LogP contribution in [0.5, 0.6) is 0 Å². The van der Waals surface area contributed by atoms with E-state index in [1.54, 1.807) is 17.5 Å². The molecule has 1 aliphatic rings. The van der Waals surface area contributed by atoms with E-state index in [1.165, 1.54) is 9.56 Å². The number of rotatable bonds is 8. The molecule has 3 N–H and O–H groups in total. The SMILES string of the molecule is O=C(O)c1c2c(nn1CC(O)CNCCc1cccs1)-c1ccncc1CC2. The van der Waals surface area contributed by atoms with Gasteiger partial charge in [-0.2, -0.15) is 5.10 Å². The number of aromatic nitrogens is 3. The number of carboxylic acid groups (broad SMARTS) is 1. The molecule has 0 saturated carbocycles. The molecule has 0 bridgehead atoms. The molecule has 0 radical (unpaired) electrons. The number of hydrogen-bond acceptors (Lipinski definition) is 6. The molecule has 0 amide bonds. The maximum absolute atomic E-state index is 11.9. The summed E-state index contributed by atoms with van der Waals surface area (Å²) >= 11 is 1.71. The summed E-state index contributed by atoms with van der Waals surface area (Å²) in [5, 5.41) is 29.9. The molecular weight excluding hydrogens is 376 g/mol. The number of carboxylic acids is 1. The van der Waals surface area contributed by atoms with Gasteiger partial charge in [0.25, 0.3) is 0 Å². The largest absolute Gasteiger partial charge is 0.477 e. The minimum absolute atomic E-state index is 0.140. The number of pyridine rings is 1. The Balaban J connectivity index is 1.46. The minimum Gasteiger partial charge on any atom is -0.477 e. The number of fused-ring (bicyclic) bond motifs is 3. The maximum Gasteiger partial charge on any atom is 0.354 e. The Morgan fingerprint density at radius 3 is 3.04 bits per heavy atom. The number of nitrogens with one attached hydrogen (secondary N) is 1. The van der Waals surface area contributed by atoms with Crippen molar-refractivity contribution in [1.82, 2.24) is 20.1 Å². The quantitative estimate of drug-likeness (QED) is 0.502. The van der Waals surface area contributed by atoms with Crippen LogP contribution in [0, 0.1) is 0 Å². The molecule has 7 nitrogen and oxygen atoms in total. The van der Waals surface area contributed by atoms with Gasteiger partial charge in [0.1, 0.15) is 5.69 Å². The van der Waals surface area contributed by atoms with Gasteiger partial charge in [0, 0.05) is 41.5 Å². The second kappa shape index (κ2) is 8.22. The highest BCUT2D eigenvalue weighted by molar-refractivity contribution is 7.09. The Kier molecular flexibility index (Phi) is 5.52. The van der Waals surface area contributed by atoms with E-state index < -0.39 is 12.1 Å². The number of aliphatic hydroxyl groups excluding tert-OH is 1. The van der Waals surface area contributed by atoms with Crippen LogP contribution in [0.1, 0.15) is 26.5 Å². The van der Waals surface area contributed by atoms with E-state index >= 15 is 0 Å². The molecule has 1 unspecified atom stereocenters. The summed E-state index contributed by atoms with van der Waals surface area (Å²) in [5.74, 6) is -1.01. The van der Waals surface area contributed by atoms with Gasteiger partial charge in [-0.1, -0.05) is 6.07 Å². The van der Waals surface area contributed by atoms with Crippen LogP contribution >= 0.6 is 11.3 Å². The third kappa shape index (κ3) is 3.84. The molecule has 0 aliphatic heterocycles. The highest BCUT2D eigenvalue weighted by Gasteiger charge is 2.28. The summed E-state index contributed by atoms with van der Waals surface area (Å²) in [5.41, 5.74) is 3.62. The smallest absolute Gasteiger partial charge is 0.354 e. The number of aliphatic hydroxyl groups is 1. The van der Waals surface area contributed by atoms with Crippen LogP contribution in [0.15, 0.2) is 36.0 Å². The fraction of sp³-hybridized carbons (Fsp3) is 0.350. The molecule has 0 aromatic carbocycles. The molecule has 28 heavy (non-hydrogen) atoms. The molecule has 3 aromatic heterocycles. The van der Waals surface area contributed by atoms with E-state index in [4.69, 9.17) is 0 Å². The van der Waals surface area contributed by atoms with Crippen molar-refractivity contribution in [3.63, 3.8) is 0 Å². The van der Waals surface area contributed by atoms with E-state index in [9.17, 15) is 15.0 Å². The molecule has 3 aromatic rings. The molecule has 3 heterocycles. The number of aromatic carboxylic acids is 1. The lowest BCUT2D eigenvalue weighted by Gasteiger charge is -2.14. The summed E-state index contributed by atoms with van der Waals surface area (Å²) < 4.78 is 1.44. The second-order valence-corrected chi connectivity index (χ2v) is 7.92. The van der Waals surface area contributed by atoms with Gasteiger partial charge in [-0.3, -0.25) is 9.67 Å². The zero-order valence-electron chi connectivity index (χ0n) is 15.3. The lowest BCUT2D eigenvalue weighted by Crippen LogP contribution is -2.32. The Bertz CT molecular complexity index is 968. The van der Waals surface area contributed by atoms with Crippen molar-refractivity contribution in [2.24, 2.45) is 0 Å². The number of aryl methyl sites for hydroxylation is 1. The number of carbonyl (C=O) groups is 1. The molecule has 0 fully saturated rings. The average molecular weight is 398 g/mol. The first-order chi connectivity index (χ1) is 13.6. The van der Waals surface area contributed by atoms with Crippen LogP contribution in [0.25, 0.3) is 11.3 Å². The monoisotopic (exact) mass is 398 g/mol. The van der Waals surface area contributed by atoms with Crippen molar-refractivity contribution in [3.05, 3.63) is 57.7 Å². The predicted molar refractivity (Wildman–Crippen MR) is 107 cm³/mol. The summed E-state index contributed by atoms with van der Waals surface area (Å²) in [7, 11) is 0. The van der Waals surface area contributed by atoms with E-state index in [0.717, 1.165) is 36.1 Å². The van der Waals surface area contributed by atoms with Crippen LogP contribution < -0.4 is 5.32 Å². The molecule has 146 valence electrons. The van der Waals surface area contributed by atoms with Crippen LogP contribution in [0.2, 0.25) is 0 Å². The fourth-order valence-corrected chi connectivity index (χ4v) is 4.35. The molecule has 1 atom stereocenters. The number of nitrogens with zero attached hydrogens (tertiary/aromatic N) is 3. The van der Waals surface area contributed by atoms with Crippen LogP contribution in [0.3, 0.4) is 0 Å². The van der Waals surface area contributed by atoms with Gasteiger partial charge >= 0.3 is 5.97 Å². The van der Waals surface area contributed by atoms with Gasteiger partial charge in [0.15, 0.2) is 0 Å². The van der Waals surface area contributed by atoms with Crippen molar-refractivity contribution >= 4 is 17.3 Å². The van der Waals surface area contributed by atoms with E-state index in [2.05, 4.69) is 21.5 Å². The topological polar surface area (TPSA) is 100 Å². The van der Waals surface area contributed by atoms with Crippen LogP contribution in [-0.2, 0) is 25.8 Å². The van der Waals surface area contributed by atoms with Crippen molar-refractivity contribution in [1.29, 1.82) is 0 Å². The maximum atomic E-state index is 11.9. The summed E-state index contributed by atoms with van der Waals surface area (Å²) in [4.78, 5) is 17.3. The minimum atomic E-state index is -1.01. The standard InChI is InChI=1S/C20H22N4O3S/c25-14(11-22-7-5-15-2-1-9-28-15)12-24-19(20(26)27)17-4-3-13-10-21-8-6-16(13)18(17)23-24/h1-2,6,8-10,14,22,25H,3-5,7,11-12H2,(H,26,27). The lowest BCUT2D eigenvalue weighted by atomic mass is 9.90. The Labute approximate surface area is 166 Å². The van der Waals surface area contributed by atoms with Crippen molar-refractivity contribution in [2.75, 3.05) is 13.1 Å². The summed E-state index contributed by atoms with van der Waals surface area (Å²) in [6.07, 6.45) is 5.05. The lowest BCUT2D eigenvalue weighted by molar-refractivity contribution is 0.0675. The van der Waals surface area contributed by atoms with E-state index in [1.807, 2.05) is 23.7 Å². The van der Waals surface area contributed by atoms with Crippen LogP contribution in [-0.4, -0.2) is 50.1 Å². The van der Waals surface area contributed by atoms with Gasteiger partial charge in [0.2, 0.25) is 0 Å². The van der Waals surface area contributed by atoms with Crippen molar-refractivity contribution in [3.8, 4) is 11.3 Å². The fourth-order valence-electron chi connectivity index (χ4n) is 3.64. The zero-order chi connectivity index (χ0) is 19.5. The summed E-state index contributed by atoms with van der Waals surface area (Å²) in [6, 6.07) is 5.98. The molecule has 0 spiro atoms. The highest BCUT2D eigenvalue weighted by Crippen LogP contribution is 2.34. The van der Waals surface area contributed by atoms with Gasteiger partial charge in [0.05, 0.1) is 18.3 Å². The van der Waals surface area contributed by atoms with Gasteiger partial charge < -0.3 is 15.5 Å². The Hall–Kier alpha value is -2.55. The summed E-state index contributed by atoms with van der Waals surface area (Å²) in [6.45, 7) is 1.29. The third-order valence-electron chi connectivity index (χ3n) is 4.95. The number of thiophene rings is 1. The normalized spacial score (nSPS) is 13.8.